The van der Waals surface area contributed by atoms with Crippen molar-refractivity contribution < 1.29 is 4.79 Å². The van der Waals surface area contributed by atoms with E-state index < -0.39 is 0 Å². The molecule has 0 aromatic heterocycles. The molecule has 1 aliphatic rings. The van der Waals surface area contributed by atoms with Crippen molar-refractivity contribution in [1.82, 2.24) is 5.01 Å². The number of hydrazone groups is 1. The van der Waals surface area contributed by atoms with E-state index >= 15 is 0 Å². The number of Topliss-reactive ketones (excluding diaryl/α,β-unsaturated/α-hetero) is 1. The molecule has 0 bridgehead atoms. The van der Waals surface area contributed by atoms with E-state index in [0.29, 0.717) is 5.57 Å². The number of nitrogens with zero attached hydrogens (tertiary/aromatic N) is 2. The van der Waals surface area contributed by atoms with Crippen molar-refractivity contribution in [1.29, 1.82) is 0 Å². The molecule has 3 heteroatoms. The zero-order valence-corrected chi connectivity index (χ0v) is 10.7. The molecule has 88 valence electrons. The molecule has 0 radical (unpaired) electrons. The Bertz CT molecular complexity index is 362. The van der Waals surface area contributed by atoms with E-state index in [-0.39, 0.29) is 5.78 Å². The molecular formula is C13H20N2O. The Kier molecular flexibility index (Phi) is 6.08. The molecule has 0 amide bonds. The zero-order chi connectivity index (χ0) is 12.7. The van der Waals surface area contributed by atoms with E-state index in [1.165, 1.54) is 0 Å². The summed E-state index contributed by atoms with van der Waals surface area (Å²) < 4.78 is 0. The van der Waals surface area contributed by atoms with Gasteiger partial charge in [-0.1, -0.05) is 20.4 Å². The van der Waals surface area contributed by atoms with Gasteiger partial charge in [0.25, 0.3) is 0 Å². The lowest BCUT2D eigenvalue weighted by molar-refractivity contribution is -0.113. The maximum Gasteiger partial charge on any atom is 0.157 e. The molecule has 3 nitrogen and oxygen atoms in total. The highest BCUT2D eigenvalue weighted by Gasteiger charge is 2.12. The van der Waals surface area contributed by atoms with E-state index in [1.807, 2.05) is 32.9 Å². The van der Waals surface area contributed by atoms with Gasteiger partial charge in [-0.25, -0.2) is 5.01 Å². The van der Waals surface area contributed by atoms with Crippen LogP contribution in [0.3, 0.4) is 0 Å². The van der Waals surface area contributed by atoms with E-state index in [1.54, 1.807) is 25.1 Å². The Morgan fingerprint density at radius 3 is 2.38 bits per heavy atom. The summed E-state index contributed by atoms with van der Waals surface area (Å²) in [5.74, 6) is 0.0475. The maximum atomic E-state index is 11.2. The minimum atomic E-state index is 0.0475. The third-order valence-corrected chi connectivity index (χ3v) is 2.08. The first kappa shape index (κ1) is 14.4. The van der Waals surface area contributed by atoms with Crippen molar-refractivity contribution in [2.75, 3.05) is 0 Å². The number of hydrogen-bond acceptors (Lipinski definition) is 3. The number of carbonyl (C=O) groups is 1. The second kappa shape index (κ2) is 6.77. The van der Waals surface area contributed by atoms with Crippen molar-refractivity contribution in [3.8, 4) is 0 Å². The molecular weight excluding hydrogens is 200 g/mol. The summed E-state index contributed by atoms with van der Waals surface area (Å²) in [4.78, 5) is 11.2. The van der Waals surface area contributed by atoms with Gasteiger partial charge in [0.1, 0.15) is 0 Å². The number of rotatable bonds is 2. The quantitative estimate of drug-likeness (QED) is 0.669. The summed E-state index contributed by atoms with van der Waals surface area (Å²) in [6.07, 6.45) is 5.34. The summed E-state index contributed by atoms with van der Waals surface area (Å²) in [7, 11) is 0. The van der Waals surface area contributed by atoms with E-state index in [2.05, 4.69) is 11.7 Å². The fourth-order valence-corrected chi connectivity index (χ4v) is 1.15. The van der Waals surface area contributed by atoms with Gasteiger partial charge in [-0.05, 0) is 32.9 Å². The van der Waals surface area contributed by atoms with E-state index in [4.69, 9.17) is 0 Å². The van der Waals surface area contributed by atoms with Crippen molar-refractivity contribution in [2.24, 2.45) is 5.10 Å². The van der Waals surface area contributed by atoms with Crippen LogP contribution < -0.4 is 0 Å². The lowest BCUT2D eigenvalue weighted by atomic mass is 10.1. The second-order valence-corrected chi connectivity index (χ2v) is 3.17. The molecule has 0 saturated heterocycles. The van der Waals surface area contributed by atoms with E-state index in [0.717, 1.165) is 11.4 Å². The predicted octanol–water partition coefficient (Wildman–Crippen LogP) is 3.27. The Balaban J connectivity index is 0.00000106. The van der Waals surface area contributed by atoms with E-state index in [9.17, 15) is 4.79 Å². The third-order valence-electron chi connectivity index (χ3n) is 2.08. The molecule has 0 atom stereocenters. The normalized spacial score (nSPS) is 17.1. The van der Waals surface area contributed by atoms with Gasteiger partial charge in [0.2, 0.25) is 0 Å². The lowest BCUT2D eigenvalue weighted by Gasteiger charge is -2.20. The van der Waals surface area contributed by atoms with Crippen molar-refractivity contribution >= 4 is 11.5 Å². The molecule has 1 rings (SSSR count). The Labute approximate surface area is 97.8 Å². The molecule has 0 fully saturated rings. The molecule has 1 aliphatic heterocycles. The molecule has 0 spiro atoms. The Morgan fingerprint density at radius 1 is 1.38 bits per heavy atom. The van der Waals surface area contributed by atoms with Crippen LogP contribution >= 0.6 is 0 Å². The fourth-order valence-electron chi connectivity index (χ4n) is 1.15. The first-order chi connectivity index (χ1) is 7.56. The van der Waals surface area contributed by atoms with Crippen LogP contribution in [-0.2, 0) is 4.79 Å². The van der Waals surface area contributed by atoms with Gasteiger partial charge in [-0.15, -0.1) is 0 Å². The van der Waals surface area contributed by atoms with Gasteiger partial charge in [0, 0.05) is 11.8 Å². The summed E-state index contributed by atoms with van der Waals surface area (Å²) in [6, 6.07) is 0. The molecule has 0 aromatic carbocycles. The smallest absolute Gasteiger partial charge is 0.157 e. The number of ketones is 1. The van der Waals surface area contributed by atoms with Crippen LogP contribution in [0.15, 0.2) is 41.3 Å². The molecule has 0 N–H and O–H groups in total. The molecule has 1 heterocycles. The monoisotopic (exact) mass is 220 g/mol. The number of carbonyl (C=O) groups excluding carboxylic acids is 1. The highest BCUT2D eigenvalue weighted by Crippen LogP contribution is 2.17. The van der Waals surface area contributed by atoms with Crippen molar-refractivity contribution in [3.05, 3.63) is 36.2 Å². The molecule has 0 saturated carbocycles. The van der Waals surface area contributed by atoms with Gasteiger partial charge < -0.3 is 0 Å². The van der Waals surface area contributed by atoms with Gasteiger partial charge in [-0.2, -0.15) is 5.10 Å². The summed E-state index contributed by atoms with van der Waals surface area (Å²) in [6.45, 7) is 12.9. The highest BCUT2D eigenvalue weighted by atomic mass is 16.1. The van der Waals surface area contributed by atoms with Gasteiger partial charge in [0.05, 0.1) is 11.4 Å². The SMILES string of the molecule is C=CN1N=C(C)C=C/C1=C(/C)C(C)=O.CC. The van der Waals surface area contributed by atoms with Crippen LogP contribution in [0.1, 0.15) is 34.6 Å². The standard InChI is InChI=1S/C11H14N2O.C2H6/c1-5-13-11(9(3)10(4)14)7-6-8(2)12-13;1-2/h5-7H,1H2,2-4H3;1-2H3/b11-9+;. The molecule has 0 aromatic rings. The summed E-state index contributed by atoms with van der Waals surface area (Å²) in [5, 5.41) is 5.84. The summed E-state index contributed by atoms with van der Waals surface area (Å²) >= 11 is 0. The van der Waals surface area contributed by atoms with Crippen LogP contribution in [-0.4, -0.2) is 16.5 Å². The van der Waals surface area contributed by atoms with Crippen LogP contribution in [0.2, 0.25) is 0 Å². The Hall–Kier alpha value is -1.64. The topological polar surface area (TPSA) is 32.7 Å². The minimum Gasteiger partial charge on any atom is -0.295 e. The number of allylic oxidation sites excluding steroid dienone is 3. The van der Waals surface area contributed by atoms with Gasteiger partial charge >= 0.3 is 0 Å². The van der Waals surface area contributed by atoms with Crippen molar-refractivity contribution in [2.45, 2.75) is 34.6 Å². The first-order valence-corrected chi connectivity index (χ1v) is 5.43. The lowest BCUT2D eigenvalue weighted by Crippen LogP contribution is -2.16. The average Bonchev–Trinajstić information content (AvgIpc) is 2.30. The molecule has 16 heavy (non-hydrogen) atoms. The molecule has 0 aliphatic carbocycles. The van der Waals surface area contributed by atoms with Crippen LogP contribution in [0.25, 0.3) is 0 Å². The van der Waals surface area contributed by atoms with Crippen molar-refractivity contribution in [3.63, 3.8) is 0 Å². The number of hydrogen-bond donors (Lipinski definition) is 0. The third kappa shape index (κ3) is 3.50. The first-order valence-electron chi connectivity index (χ1n) is 5.43. The predicted molar refractivity (Wildman–Crippen MR) is 69.0 cm³/mol. The van der Waals surface area contributed by atoms with Crippen LogP contribution in [0.4, 0.5) is 0 Å². The second-order valence-electron chi connectivity index (χ2n) is 3.17. The fraction of sp³-hybridized carbons (Fsp3) is 0.385. The van der Waals surface area contributed by atoms with Crippen LogP contribution in [0.5, 0.6) is 0 Å². The van der Waals surface area contributed by atoms with Crippen LogP contribution in [0, 0.1) is 0 Å². The van der Waals surface area contributed by atoms with Gasteiger partial charge in [0.15, 0.2) is 5.78 Å². The highest BCUT2D eigenvalue weighted by molar-refractivity contribution is 5.97. The summed E-state index contributed by atoms with van der Waals surface area (Å²) in [5.41, 5.74) is 2.38. The largest absolute Gasteiger partial charge is 0.295 e. The minimum absolute atomic E-state index is 0.0475. The maximum absolute atomic E-state index is 11.2. The van der Waals surface area contributed by atoms with Gasteiger partial charge in [-0.3, -0.25) is 4.79 Å². The molecule has 0 unspecified atom stereocenters. The zero-order valence-electron chi connectivity index (χ0n) is 10.7. The Morgan fingerprint density at radius 2 is 1.94 bits per heavy atom. The average molecular weight is 220 g/mol.